The Morgan fingerprint density at radius 3 is 2.57 bits per heavy atom. The number of carbonyl (C=O) groups excluding carboxylic acids is 1. The number of hydrogen-bond donors (Lipinski definition) is 3. The Labute approximate surface area is 136 Å². The van der Waals surface area contributed by atoms with Crippen molar-refractivity contribution in [2.45, 2.75) is 26.2 Å². The smallest absolute Gasteiger partial charge is 0.223 e. The number of aryl methyl sites for hydroxylation is 1. The minimum absolute atomic E-state index is 0.154. The quantitative estimate of drug-likeness (QED) is 0.404. The van der Waals surface area contributed by atoms with E-state index in [0.29, 0.717) is 25.6 Å². The van der Waals surface area contributed by atoms with Crippen LogP contribution < -0.4 is 16.0 Å². The molecule has 1 aromatic carbocycles. The summed E-state index contributed by atoms with van der Waals surface area (Å²) in [5.41, 5.74) is 2.07. The van der Waals surface area contributed by atoms with Crippen LogP contribution in [0, 0.1) is 18.7 Å². The van der Waals surface area contributed by atoms with E-state index >= 15 is 0 Å². The maximum Gasteiger partial charge on any atom is 0.223 e. The highest BCUT2D eigenvalue weighted by Gasteiger charge is 2.28. The lowest BCUT2D eigenvalue weighted by molar-refractivity contribution is -0.122. The number of nitrogens with zero attached hydrogens (tertiary/aromatic N) is 1. The molecule has 23 heavy (non-hydrogen) atoms. The van der Waals surface area contributed by atoms with Crippen molar-refractivity contribution in [3.8, 4) is 0 Å². The highest BCUT2D eigenvalue weighted by Crippen LogP contribution is 2.28. The molecule has 5 nitrogen and oxygen atoms in total. The van der Waals surface area contributed by atoms with Crippen LogP contribution in [0.4, 0.5) is 4.39 Å². The normalized spacial score (nSPS) is 14.5. The fraction of sp³-hybridized carbons (Fsp3) is 0.529. The number of rotatable bonds is 7. The van der Waals surface area contributed by atoms with Gasteiger partial charge in [0.15, 0.2) is 5.96 Å². The van der Waals surface area contributed by atoms with Gasteiger partial charge in [0, 0.05) is 32.6 Å². The van der Waals surface area contributed by atoms with Crippen LogP contribution in [-0.4, -0.2) is 38.5 Å². The third kappa shape index (κ3) is 5.88. The molecular weight excluding hydrogens is 295 g/mol. The van der Waals surface area contributed by atoms with Gasteiger partial charge in [-0.15, -0.1) is 0 Å². The molecule has 1 amide bonds. The van der Waals surface area contributed by atoms with Gasteiger partial charge in [0.05, 0.1) is 0 Å². The van der Waals surface area contributed by atoms with E-state index in [4.69, 9.17) is 0 Å². The summed E-state index contributed by atoms with van der Waals surface area (Å²) in [6, 6.07) is 4.85. The number of nitrogens with one attached hydrogen (secondary N) is 3. The van der Waals surface area contributed by atoms with E-state index in [0.717, 1.165) is 30.4 Å². The van der Waals surface area contributed by atoms with Gasteiger partial charge in [-0.3, -0.25) is 9.79 Å². The average Bonchev–Trinajstić information content (AvgIpc) is 3.36. The summed E-state index contributed by atoms with van der Waals surface area (Å²) in [7, 11) is 1.71. The van der Waals surface area contributed by atoms with Gasteiger partial charge in [-0.1, -0.05) is 6.07 Å². The molecule has 2 rings (SSSR count). The summed E-state index contributed by atoms with van der Waals surface area (Å²) in [6.07, 6.45) is 2.84. The predicted octanol–water partition coefficient (Wildman–Crippen LogP) is 1.37. The van der Waals surface area contributed by atoms with Crippen LogP contribution in [0.1, 0.15) is 24.0 Å². The zero-order valence-electron chi connectivity index (χ0n) is 13.8. The predicted molar refractivity (Wildman–Crippen MR) is 89.9 cm³/mol. The van der Waals surface area contributed by atoms with E-state index in [1.807, 2.05) is 13.0 Å². The number of aliphatic imine (C=N–C) groups is 1. The van der Waals surface area contributed by atoms with Gasteiger partial charge in [-0.2, -0.15) is 0 Å². The van der Waals surface area contributed by atoms with E-state index in [2.05, 4.69) is 20.9 Å². The number of benzene rings is 1. The van der Waals surface area contributed by atoms with Crippen molar-refractivity contribution in [1.82, 2.24) is 16.0 Å². The van der Waals surface area contributed by atoms with Crippen molar-refractivity contribution < 1.29 is 9.18 Å². The molecule has 0 unspecified atom stereocenters. The first-order valence-electron chi connectivity index (χ1n) is 8.07. The van der Waals surface area contributed by atoms with Crippen LogP contribution in [0.15, 0.2) is 23.2 Å². The van der Waals surface area contributed by atoms with Crippen LogP contribution in [0.3, 0.4) is 0 Å². The first kappa shape index (κ1) is 17.2. The van der Waals surface area contributed by atoms with Gasteiger partial charge >= 0.3 is 0 Å². The van der Waals surface area contributed by atoms with Gasteiger partial charge in [0.1, 0.15) is 5.82 Å². The monoisotopic (exact) mass is 320 g/mol. The van der Waals surface area contributed by atoms with Crippen LogP contribution in [-0.2, 0) is 11.2 Å². The van der Waals surface area contributed by atoms with Crippen molar-refractivity contribution in [3.63, 3.8) is 0 Å². The fourth-order valence-corrected chi connectivity index (χ4v) is 2.33. The Balaban J connectivity index is 1.63. The number of carbonyl (C=O) groups is 1. The summed E-state index contributed by atoms with van der Waals surface area (Å²) in [5, 5.41) is 9.27. The maximum absolute atomic E-state index is 13.1. The molecule has 0 aromatic heterocycles. The lowest BCUT2D eigenvalue weighted by Crippen LogP contribution is -2.42. The molecule has 0 atom stereocenters. The summed E-state index contributed by atoms with van der Waals surface area (Å²) < 4.78 is 13.1. The van der Waals surface area contributed by atoms with Crippen molar-refractivity contribution in [2.75, 3.05) is 26.7 Å². The Bertz CT molecular complexity index is 570. The van der Waals surface area contributed by atoms with E-state index < -0.39 is 0 Å². The van der Waals surface area contributed by atoms with Gasteiger partial charge < -0.3 is 16.0 Å². The second-order valence-electron chi connectivity index (χ2n) is 5.81. The summed E-state index contributed by atoms with van der Waals surface area (Å²) in [5.74, 6) is 0.892. The molecule has 1 aliphatic carbocycles. The molecule has 1 saturated carbocycles. The highest BCUT2D eigenvalue weighted by molar-refractivity contribution is 5.81. The number of hydrogen-bond acceptors (Lipinski definition) is 2. The average molecular weight is 320 g/mol. The van der Waals surface area contributed by atoms with Crippen molar-refractivity contribution in [3.05, 3.63) is 35.1 Å². The minimum Gasteiger partial charge on any atom is -0.356 e. The lowest BCUT2D eigenvalue weighted by atomic mass is 10.1. The largest absolute Gasteiger partial charge is 0.356 e. The molecule has 1 fully saturated rings. The Hall–Kier alpha value is -2.11. The first-order chi connectivity index (χ1) is 11.1. The molecule has 3 N–H and O–H groups in total. The summed E-state index contributed by atoms with van der Waals surface area (Å²) >= 11 is 0. The standard InChI is InChI=1S/C17H25FN4O/c1-12-11-15(18)6-5-13(12)7-8-21-17(19-2)22-10-9-20-16(23)14-3-4-14/h5-6,11,14H,3-4,7-10H2,1-2H3,(H,20,23)(H2,19,21,22). The Morgan fingerprint density at radius 1 is 1.22 bits per heavy atom. The Kier molecular flexibility index (Phi) is 6.38. The topological polar surface area (TPSA) is 65.5 Å². The van der Waals surface area contributed by atoms with E-state index in [1.54, 1.807) is 13.1 Å². The molecular formula is C17H25FN4O. The second-order valence-corrected chi connectivity index (χ2v) is 5.81. The number of halogens is 1. The fourth-order valence-electron chi connectivity index (χ4n) is 2.33. The Morgan fingerprint density at radius 2 is 1.91 bits per heavy atom. The van der Waals surface area contributed by atoms with Gasteiger partial charge in [-0.05, 0) is 49.4 Å². The second kappa shape index (κ2) is 8.50. The molecule has 0 spiro atoms. The zero-order valence-corrected chi connectivity index (χ0v) is 13.8. The van der Waals surface area contributed by atoms with Gasteiger partial charge in [0.2, 0.25) is 5.91 Å². The molecule has 1 aromatic rings. The van der Waals surface area contributed by atoms with Gasteiger partial charge in [-0.25, -0.2) is 4.39 Å². The lowest BCUT2D eigenvalue weighted by Gasteiger charge is -2.13. The molecule has 0 radical (unpaired) electrons. The van der Waals surface area contributed by atoms with Crippen molar-refractivity contribution in [1.29, 1.82) is 0 Å². The zero-order chi connectivity index (χ0) is 16.7. The minimum atomic E-state index is -0.204. The van der Waals surface area contributed by atoms with Gasteiger partial charge in [0.25, 0.3) is 0 Å². The van der Waals surface area contributed by atoms with E-state index in [9.17, 15) is 9.18 Å². The van der Waals surface area contributed by atoms with Crippen LogP contribution in [0.5, 0.6) is 0 Å². The number of guanidine groups is 1. The van der Waals surface area contributed by atoms with E-state index in [-0.39, 0.29) is 17.6 Å². The molecule has 126 valence electrons. The molecule has 1 aliphatic rings. The summed E-state index contributed by atoms with van der Waals surface area (Å²) in [6.45, 7) is 3.84. The maximum atomic E-state index is 13.1. The van der Waals surface area contributed by atoms with Crippen LogP contribution in [0.2, 0.25) is 0 Å². The molecule has 0 heterocycles. The van der Waals surface area contributed by atoms with Crippen molar-refractivity contribution >= 4 is 11.9 Å². The third-order valence-electron chi connectivity index (χ3n) is 3.88. The molecule has 0 aliphatic heterocycles. The first-order valence-corrected chi connectivity index (χ1v) is 8.07. The van der Waals surface area contributed by atoms with E-state index in [1.165, 1.54) is 6.07 Å². The van der Waals surface area contributed by atoms with Crippen molar-refractivity contribution in [2.24, 2.45) is 10.9 Å². The molecule has 0 saturated heterocycles. The number of amides is 1. The van der Waals surface area contributed by atoms with Crippen LogP contribution in [0.25, 0.3) is 0 Å². The van der Waals surface area contributed by atoms with Crippen LogP contribution >= 0.6 is 0 Å². The highest BCUT2D eigenvalue weighted by atomic mass is 19.1. The molecule has 0 bridgehead atoms. The molecule has 6 heteroatoms. The SMILES string of the molecule is CN=C(NCCNC(=O)C1CC1)NCCc1ccc(F)cc1C. The third-order valence-corrected chi connectivity index (χ3v) is 3.88. The summed E-state index contributed by atoms with van der Waals surface area (Å²) in [4.78, 5) is 15.6.